The second-order valence-electron chi connectivity index (χ2n) is 5.54. The van der Waals surface area contributed by atoms with E-state index in [1.54, 1.807) is 23.1 Å². The molecule has 0 radical (unpaired) electrons. The average molecular weight is 348 g/mol. The van der Waals surface area contributed by atoms with Crippen molar-refractivity contribution in [1.82, 2.24) is 4.90 Å². The highest BCUT2D eigenvalue weighted by atomic mass is 35.5. The van der Waals surface area contributed by atoms with Gasteiger partial charge < -0.3 is 9.80 Å². The van der Waals surface area contributed by atoms with E-state index in [9.17, 15) is 14.9 Å². The molecule has 126 valence electrons. The van der Waals surface area contributed by atoms with Gasteiger partial charge in [0.25, 0.3) is 11.6 Å². The van der Waals surface area contributed by atoms with Crippen molar-refractivity contribution < 1.29 is 9.72 Å². The summed E-state index contributed by atoms with van der Waals surface area (Å²) in [7, 11) is 3.85. The Morgan fingerprint density at radius 3 is 2.33 bits per heavy atom. The van der Waals surface area contributed by atoms with Crippen LogP contribution in [0.3, 0.4) is 0 Å². The van der Waals surface area contributed by atoms with E-state index in [0.29, 0.717) is 29.4 Å². The first kappa shape index (κ1) is 17.9. The van der Waals surface area contributed by atoms with Crippen molar-refractivity contribution in [2.75, 3.05) is 32.1 Å². The molecule has 0 N–H and O–H groups in total. The molecule has 1 amide bonds. The molecule has 2 aromatic carbocycles. The molecule has 0 unspecified atom stereocenters. The number of nitrogens with zero attached hydrogens (tertiary/aromatic N) is 3. The molecule has 0 aliphatic carbocycles. The number of nitro benzene ring substituents is 1. The minimum absolute atomic E-state index is 0.0471. The van der Waals surface area contributed by atoms with Crippen molar-refractivity contribution in [2.24, 2.45) is 0 Å². The Bertz CT molecular complexity index is 732. The Morgan fingerprint density at radius 2 is 1.79 bits per heavy atom. The van der Waals surface area contributed by atoms with Crippen molar-refractivity contribution in [3.05, 3.63) is 69.2 Å². The molecule has 0 fully saturated rings. The number of anilines is 1. The lowest BCUT2D eigenvalue weighted by atomic mass is 10.1. The zero-order chi connectivity index (χ0) is 17.7. The Balaban J connectivity index is 2.31. The lowest BCUT2D eigenvalue weighted by molar-refractivity contribution is -0.384. The Hall–Kier alpha value is -2.44. The van der Waals surface area contributed by atoms with Crippen LogP contribution in [-0.2, 0) is 0 Å². The molecule has 24 heavy (non-hydrogen) atoms. The second kappa shape index (κ2) is 7.90. The first-order valence-corrected chi connectivity index (χ1v) is 7.73. The molecule has 0 saturated carbocycles. The van der Waals surface area contributed by atoms with Gasteiger partial charge in [0.05, 0.1) is 4.92 Å². The van der Waals surface area contributed by atoms with Crippen LogP contribution in [0.1, 0.15) is 10.4 Å². The molecule has 0 aliphatic heterocycles. The molecule has 2 rings (SSSR count). The number of rotatable bonds is 6. The maximum Gasteiger partial charge on any atom is 0.269 e. The highest BCUT2D eigenvalue weighted by Gasteiger charge is 2.19. The summed E-state index contributed by atoms with van der Waals surface area (Å²) in [5, 5.41) is 11.3. The normalized spacial score (nSPS) is 10.7. The molecule has 2 aromatic rings. The minimum atomic E-state index is -0.491. The van der Waals surface area contributed by atoms with Crippen molar-refractivity contribution in [2.45, 2.75) is 0 Å². The summed E-state index contributed by atoms with van der Waals surface area (Å²) in [6, 6.07) is 12.6. The smallest absolute Gasteiger partial charge is 0.269 e. The van der Waals surface area contributed by atoms with Crippen LogP contribution in [-0.4, -0.2) is 42.9 Å². The third-order valence-electron chi connectivity index (χ3n) is 3.46. The number of non-ortho nitro benzene ring substituents is 1. The molecule has 0 aliphatic rings. The number of nitro groups is 1. The van der Waals surface area contributed by atoms with Crippen LogP contribution in [0.25, 0.3) is 0 Å². The van der Waals surface area contributed by atoms with Gasteiger partial charge in [-0.3, -0.25) is 14.9 Å². The van der Waals surface area contributed by atoms with Crippen LogP contribution in [0.4, 0.5) is 11.4 Å². The summed E-state index contributed by atoms with van der Waals surface area (Å²) < 4.78 is 0. The third kappa shape index (κ3) is 4.53. The van der Waals surface area contributed by atoms with E-state index in [0.717, 1.165) is 0 Å². The largest absolute Gasteiger partial charge is 0.308 e. The average Bonchev–Trinajstić information content (AvgIpc) is 2.54. The van der Waals surface area contributed by atoms with Gasteiger partial charge in [-0.15, -0.1) is 0 Å². The fourth-order valence-corrected chi connectivity index (χ4v) is 2.36. The maximum atomic E-state index is 12.8. The summed E-state index contributed by atoms with van der Waals surface area (Å²) in [6.07, 6.45) is 0. The third-order valence-corrected chi connectivity index (χ3v) is 3.70. The monoisotopic (exact) mass is 347 g/mol. The van der Waals surface area contributed by atoms with Crippen LogP contribution in [0.2, 0.25) is 5.02 Å². The Labute approximate surface area is 145 Å². The van der Waals surface area contributed by atoms with E-state index in [1.165, 1.54) is 24.3 Å². The van der Waals surface area contributed by atoms with E-state index >= 15 is 0 Å². The number of benzene rings is 2. The van der Waals surface area contributed by atoms with Crippen LogP contribution in [0.5, 0.6) is 0 Å². The molecular formula is C17H18ClN3O3. The molecule has 7 heteroatoms. The van der Waals surface area contributed by atoms with Crippen molar-refractivity contribution in [1.29, 1.82) is 0 Å². The highest BCUT2D eigenvalue weighted by molar-refractivity contribution is 6.31. The van der Waals surface area contributed by atoms with Crippen LogP contribution in [0.15, 0.2) is 48.5 Å². The van der Waals surface area contributed by atoms with Gasteiger partial charge >= 0.3 is 0 Å². The number of hydrogen-bond donors (Lipinski definition) is 0. The van der Waals surface area contributed by atoms with Gasteiger partial charge in [-0.1, -0.05) is 17.7 Å². The maximum absolute atomic E-state index is 12.8. The second-order valence-corrected chi connectivity index (χ2v) is 5.98. The number of halogens is 1. The summed E-state index contributed by atoms with van der Waals surface area (Å²) in [4.78, 5) is 26.7. The van der Waals surface area contributed by atoms with E-state index < -0.39 is 4.92 Å². The molecule has 0 spiro atoms. The van der Waals surface area contributed by atoms with Crippen LogP contribution in [0, 0.1) is 10.1 Å². The zero-order valence-corrected chi connectivity index (χ0v) is 14.2. The van der Waals surface area contributed by atoms with Gasteiger partial charge in [-0.05, 0) is 44.4 Å². The highest BCUT2D eigenvalue weighted by Crippen LogP contribution is 2.22. The zero-order valence-electron chi connectivity index (χ0n) is 13.5. The fourth-order valence-electron chi connectivity index (χ4n) is 2.17. The fraction of sp³-hybridized carbons (Fsp3) is 0.235. The van der Waals surface area contributed by atoms with Crippen molar-refractivity contribution in [3.8, 4) is 0 Å². The van der Waals surface area contributed by atoms with Gasteiger partial charge in [0, 0.05) is 41.5 Å². The molecule has 0 bridgehead atoms. The predicted molar refractivity (Wildman–Crippen MR) is 94.8 cm³/mol. The van der Waals surface area contributed by atoms with Crippen LogP contribution < -0.4 is 4.90 Å². The van der Waals surface area contributed by atoms with E-state index in [1.807, 2.05) is 25.1 Å². The summed E-state index contributed by atoms with van der Waals surface area (Å²) in [5.41, 5.74) is 1.03. The summed E-state index contributed by atoms with van der Waals surface area (Å²) >= 11 is 6.03. The van der Waals surface area contributed by atoms with Gasteiger partial charge in [-0.2, -0.15) is 0 Å². The van der Waals surface area contributed by atoms with Gasteiger partial charge in [0.1, 0.15) is 0 Å². The number of likely N-dealkylation sites (N-methyl/N-ethyl adjacent to an activating group) is 1. The van der Waals surface area contributed by atoms with Gasteiger partial charge in [-0.25, -0.2) is 0 Å². The standard InChI is InChI=1S/C17H18ClN3O3/c1-19(2)10-11-20(16-5-3-4-14(18)12-16)17(22)13-6-8-15(9-7-13)21(23)24/h3-9,12H,10-11H2,1-2H3. The van der Waals surface area contributed by atoms with Crippen molar-refractivity contribution >= 4 is 28.9 Å². The number of hydrogen-bond acceptors (Lipinski definition) is 4. The minimum Gasteiger partial charge on any atom is -0.308 e. The molecular weight excluding hydrogens is 330 g/mol. The predicted octanol–water partition coefficient (Wildman–Crippen LogP) is 3.46. The number of carbonyl (C=O) groups is 1. The van der Waals surface area contributed by atoms with E-state index in [-0.39, 0.29) is 11.6 Å². The van der Waals surface area contributed by atoms with Gasteiger partial charge in [0.15, 0.2) is 0 Å². The topological polar surface area (TPSA) is 66.7 Å². The lowest BCUT2D eigenvalue weighted by Gasteiger charge is -2.25. The lowest BCUT2D eigenvalue weighted by Crippen LogP contribution is -2.36. The quantitative estimate of drug-likeness (QED) is 0.593. The van der Waals surface area contributed by atoms with E-state index in [4.69, 9.17) is 11.6 Å². The summed E-state index contributed by atoms with van der Waals surface area (Å²) in [6.45, 7) is 1.15. The van der Waals surface area contributed by atoms with Crippen molar-refractivity contribution in [3.63, 3.8) is 0 Å². The van der Waals surface area contributed by atoms with E-state index in [2.05, 4.69) is 0 Å². The number of carbonyl (C=O) groups excluding carboxylic acids is 1. The first-order chi connectivity index (χ1) is 11.4. The molecule has 0 atom stereocenters. The Kier molecular flexibility index (Phi) is 5.89. The van der Waals surface area contributed by atoms with Crippen LogP contribution >= 0.6 is 11.6 Å². The molecule has 6 nitrogen and oxygen atoms in total. The summed E-state index contributed by atoms with van der Waals surface area (Å²) in [5.74, 6) is -0.228. The molecule has 0 heterocycles. The van der Waals surface area contributed by atoms with Gasteiger partial charge in [0.2, 0.25) is 0 Å². The first-order valence-electron chi connectivity index (χ1n) is 7.35. The molecule has 0 aromatic heterocycles. The molecule has 0 saturated heterocycles. The number of amides is 1. The Morgan fingerprint density at radius 1 is 1.12 bits per heavy atom. The SMILES string of the molecule is CN(C)CCN(C(=O)c1ccc([N+](=O)[O-])cc1)c1cccc(Cl)c1.